The molecule has 4 aromatic rings. The average Bonchev–Trinajstić information content (AvgIpc) is 3.48. The highest BCUT2D eigenvalue weighted by Crippen LogP contribution is 2.39. The van der Waals surface area contributed by atoms with Crippen LogP contribution in [0.1, 0.15) is 24.6 Å². The third-order valence-corrected chi connectivity index (χ3v) is 5.41. The number of hydrogen-bond donors (Lipinski definition) is 1. The minimum Gasteiger partial charge on any atom is -0.334 e. The van der Waals surface area contributed by atoms with E-state index in [0.717, 1.165) is 18.2 Å². The number of carbonyl (C=O) groups excluding carboxylic acids is 1. The van der Waals surface area contributed by atoms with Crippen molar-refractivity contribution >= 4 is 34.1 Å². The predicted octanol–water partition coefficient (Wildman–Crippen LogP) is 4.22. The van der Waals surface area contributed by atoms with Crippen LogP contribution < -0.4 is 10.9 Å². The molecule has 0 radical (unpaired) electrons. The van der Waals surface area contributed by atoms with Crippen LogP contribution >= 0.6 is 11.6 Å². The van der Waals surface area contributed by atoms with E-state index in [1.165, 1.54) is 10.6 Å². The van der Waals surface area contributed by atoms with Crippen molar-refractivity contribution in [2.45, 2.75) is 25.3 Å². The highest BCUT2D eigenvalue weighted by atomic mass is 35.5. The monoisotopic (exact) mass is 420 g/mol. The van der Waals surface area contributed by atoms with E-state index in [1.54, 1.807) is 30.3 Å². The molecule has 1 fully saturated rings. The summed E-state index contributed by atoms with van der Waals surface area (Å²) in [7, 11) is 0. The van der Waals surface area contributed by atoms with Gasteiger partial charge in [-0.15, -0.1) is 0 Å². The highest BCUT2D eigenvalue weighted by Gasteiger charge is 2.29. The summed E-state index contributed by atoms with van der Waals surface area (Å²) in [5.74, 6) is 0.995. The number of amides is 1. The number of hydrogen-bond acceptors (Lipinski definition) is 5. The molecule has 1 amide bonds. The largest absolute Gasteiger partial charge is 0.334 e. The van der Waals surface area contributed by atoms with E-state index in [9.17, 15) is 9.59 Å². The predicted molar refractivity (Wildman–Crippen MR) is 114 cm³/mol. The van der Waals surface area contributed by atoms with E-state index in [2.05, 4.69) is 15.5 Å². The summed E-state index contributed by atoms with van der Waals surface area (Å²) in [6, 6.07) is 15.7. The van der Waals surface area contributed by atoms with Crippen LogP contribution in [0.5, 0.6) is 0 Å². The van der Waals surface area contributed by atoms with Crippen LogP contribution in [0, 0.1) is 0 Å². The first-order valence-electron chi connectivity index (χ1n) is 9.61. The Bertz CT molecular complexity index is 1320. The first-order chi connectivity index (χ1) is 14.6. The molecule has 0 unspecified atom stereocenters. The molecule has 0 atom stereocenters. The minimum atomic E-state index is -0.350. The summed E-state index contributed by atoms with van der Waals surface area (Å²) < 4.78 is 6.84. The van der Waals surface area contributed by atoms with Crippen LogP contribution in [-0.4, -0.2) is 20.6 Å². The lowest BCUT2D eigenvalue weighted by Crippen LogP contribution is -2.27. The lowest BCUT2D eigenvalue weighted by Gasteiger charge is -2.13. The maximum absolute atomic E-state index is 12.9. The third-order valence-electron chi connectivity index (χ3n) is 5.08. The Kier molecular flexibility index (Phi) is 4.59. The minimum absolute atomic E-state index is 0.151. The zero-order valence-corrected chi connectivity index (χ0v) is 16.6. The van der Waals surface area contributed by atoms with Gasteiger partial charge in [-0.05, 0) is 31.0 Å². The van der Waals surface area contributed by atoms with Crippen molar-refractivity contribution in [3.8, 4) is 11.5 Å². The lowest BCUT2D eigenvalue weighted by atomic mass is 10.1. The number of benzene rings is 2. The number of anilines is 1. The second-order valence-electron chi connectivity index (χ2n) is 7.26. The molecule has 0 spiro atoms. The number of halogens is 1. The van der Waals surface area contributed by atoms with E-state index in [1.807, 2.05) is 18.2 Å². The van der Waals surface area contributed by atoms with Crippen LogP contribution in [0.2, 0.25) is 5.02 Å². The van der Waals surface area contributed by atoms with E-state index >= 15 is 0 Å². The molecule has 7 nitrogen and oxygen atoms in total. The molecule has 1 aliphatic rings. The molecule has 0 saturated heterocycles. The molecular formula is C22H17ClN4O3. The van der Waals surface area contributed by atoms with Gasteiger partial charge in [-0.3, -0.25) is 14.2 Å². The molecule has 30 heavy (non-hydrogen) atoms. The van der Waals surface area contributed by atoms with Crippen molar-refractivity contribution in [3.63, 3.8) is 0 Å². The molecule has 0 aliphatic heterocycles. The molecule has 2 aromatic carbocycles. The van der Waals surface area contributed by atoms with Gasteiger partial charge in [0.1, 0.15) is 6.54 Å². The first kappa shape index (κ1) is 18.6. The fourth-order valence-electron chi connectivity index (χ4n) is 3.42. The number of pyridine rings is 1. The Morgan fingerprint density at radius 1 is 1.17 bits per heavy atom. The molecule has 150 valence electrons. The SMILES string of the molecule is O=C(Cn1c(=O)cc(-c2nc(C3CC3)no2)c2ccccc21)Nc1ccccc1Cl. The zero-order chi connectivity index (χ0) is 20.7. The van der Waals surface area contributed by atoms with E-state index in [0.29, 0.717) is 39.4 Å². The molecule has 1 saturated carbocycles. The maximum Gasteiger partial charge on any atom is 0.258 e. The lowest BCUT2D eigenvalue weighted by molar-refractivity contribution is -0.116. The second kappa shape index (κ2) is 7.42. The Morgan fingerprint density at radius 3 is 2.73 bits per heavy atom. The van der Waals surface area contributed by atoms with Crippen molar-refractivity contribution in [3.05, 3.63) is 75.8 Å². The summed E-state index contributed by atoms with van der Waals surface area (Å²) in [4.78, 5) is 30.0. The smallest absolute Gasteiger partial charge is 0.258 e. The van der Waals surface area contributed by atoms with Crippen molar-refractivity contribution in [2.75, 3.05) is 5.32 Å². The molecule has 1 aliphatic carbocycles. The van der Waals surface area contributed by atoms with Crippen LogP contribution in [0.15, 0.2) is 63.9 Å². The molecule has 5 rings (SSSR count). The number of carbonyl (C=O) groups is 1. The standard InChI is InChI=1S/C22H17ClN4O3/c23-16-6-2-3-7-17(16)24-19(28)12-27-18-8-4-1-5-14(18)15(11-20(27)29)22-25-21(26-30-22)13-9-10-13/h1-8,11,13H,9-10,12H2,(H,24,28). The average molecular weight is 421 g/mol. The number of nitrogens with one attached hydrogen (secondary N) is 1. The van der Waals surface area contributed by atoms with Gasteiger partial charge in [0.15, 0.2) is 5.82 Å². The van der Waals surface area contributed by atoms with Gasteiger partial charge < -0.3 is 9.84 Å². The summed E-state index contributed by atoms with van der Waals surface area (Å²) in [6.07, 6.45) is 2.11. The van der Waals surface area contributed by atoms with Crippen LogP contribution in [0.4, 0.5) is 5.69 Å². The summed E-state index contributed by atoms with van der Waals surface area (Å²) in [6.45, 7) is -0.151. The summed E-state index contributed by atoms with van der Waals surface area (Å²) in [5, 5.41) is 7.98. The van der Waals surface area contributed by atoms with E-state index < -0.39 is 0 Å². The van der Waals surface area contributed by atoms with Gasteiger partial charge >= 0.3 is 0 Å². The third kappa shape index (κ3) is 3.48. The number of para-hydroxylation sites is 2. The van der Waals surface area contributed by atoms with Gasteiger partial charge in [0.2, 0.25) is 5.91 Å². The van der Waals surface area contributed by atoms with Gasteiger partial charge in [-0.2, -0.15) is 4.98 Å². The molecule has 0 bridgehead atoms. The fourth-order valence-corrected chi connectivity index (χ4v) is 3.61. The maximum atomic E-state index is 12.9. The number of nitrogens with zero attached hydrogens (tertiary/aromatic N) is 3. The van der Waals surface area contributed by atoms with Crippen LogP contribution in [0.3, 0.4) is 0 Å². The van der Waals surface area contributed by atoms with E-state index in [4.69, 9.17) is 16.1 Å². The number of aromatic nitrogens is 3. The van der Waals surface area contributed by atoms with Crippen molar-refractivity contribution in [1.82, 2.24) is 14.7 Å². The normalized spacial score (nSPS) is 13.5. The van der Waals surface area contributed by atoms with Gasteiger partial charge in [0.05, 0.1) is 21.8 Å². The Hall–Kier alpha value is -3.45. The Labute approximate surface area is 176 Å². The topological polar surface area (TPSA) is 90.0 Å². The van der Waals surface area contributed by atoms with Crippen molar-refractivity contribution in [1.29, 1.82) is 0 Å². The zero-order valence-electron chi connectivity index (χ0n) is 15.8. The molecule has 1 N–H and O–H groups in total. The molecular weight excluding hydrogens is 404 g/mol. The van der Waals surface area contributed by atoms with Gasteiger partial charge in [0.25, 0.3) is 11.4 Å². The Balaban J connectivity index is 1.51. The van der Waals surface area contributed by atoms with E-state index in [-0.39, 0.29) is 18.0 Å². The summed E-state index contributed by atoms with van der Waals surface area (Å²) in [5.41, 5.74) is 1.35. The van der Waals surface area contributed by atoms with Crippen LogP contribution in [-0.2, 0) is 11.3 Å². The van der Waals surface area contributed by atoms with Gasteiger partial charge in [-0.25, -0.2) is 0 Å². The second-order valence-corrected chi connectivity index (χ2v) is 7.67. The Morgan fingerprint density at radius 2 is 1.93 bits per heavy atom. The van der Waals surface area contributed by atoms with Crippen molar-refractivity contribution in [2.24, 2.45) is 0 Å². The first-order valence-corrected chi connectivity index (χ1v) is 9.99. The van der Waals surface area contributed by atoms with Gasteiger partial charge in [0, 0.05) is 17.4 Å². The summed E-state index contributed by atoms with van der Waals surface area (Å²) >= 11 is 6.11. The number of rotatable bonds is 5. The number of fused-ring (bicyclic) bond motifs is 1. The molecule has 2 aromatic heterocycles. The van der Waals surface area contributed by atoms with Crippen molar-refractivity contribution < 1.29 is 9.32 Å². The molecule has 2 heterocycles. The van der Waals surface area contributed by atoms with Crippen LogP contribution in [0.25, 0.3) is 22.4 Å². The highest BCUT2D eigenvalue weighted by molar-refractivity contribution is 6.33. The van der Waals surface area contributed by atoms with Gasteiger partial charge in [-0.1, -0.05) is 47.1 Å². The fraction of sp³-hybridized carbons (Fsp3) is 0.182. The molecule has 8 heteroatoms. The quantitative estimate of drug-likeness (QED) is 0.522.